The molecule has 0 amide bonds. The van der Waals surface area contributed by atoms with Crippen molar-refractivity contribution >= 4 is 10.2 Å². The Morgan fingerprint density at radius 1 is 1.33 bits per heavy atom. The fraction of sp³-hybridized carbons (Fsp3) is 0.500. The molecule has 0 aromatic carbocycles. The summed E-state index contributed by atoms with van der Waals surface area (Å²) in [6.07, 6.45) is 0. The van der Waals surface area contributed by atoms with Gasteiger partial charge in [-0.2, -0.15) is 13.5 Å². The topological polar surface area (TPSA) is 78.0 Å². The van der Waals surface area contributed by atoms with Crippen molar-refractivity contribution in [2.75, 3.05) is 0 Å². The average molecular weight is 189 g/mol. The smallest absolute Gasteiger partial charge is 0.210 e. The van der Waals surface area contributed by atoms with Gasteiger partial charge in [0, 0.05) is 0 Å². The molecule has 0 radical (unpaired) electrons. The molecular weight excluding hydrogens is 178 g/mol. The van der Waals surface area contributed by atoms with E-state index in [-0.39, 0.29) is 0 Å². The molecule has 0 aliphatic heterocycles. The lowest BCUT2D eigenvalue weighted by Gasteiger charge is -1.98. The van der Waals surface area contributed by atoms with Crippen LogP contribution in [0.2, 0.25) is 0 Å². The molecule has 2 N–H and O–H groups in total. The van der Waals surface area contributed by atoms with Gasteiger partial charge < -0.3 is 0 Å². The lowest BCUT2D eigenvalue weighted by Crippen LogP contribution is -2.24. The van der Waals surface area contributed by atoms with Gasteiger partial charge in [0.2, 0.25) is 0 Å². The zero-order valence-corrected chi connectivity index (χ0v) is 8.01. The van der Waals surface area contributed by atoms with Crippen molar-refractivity contribution in [1.29, 1.82) is 0 Å². The number of nitrogens with zero attached hydrogens (tertiary/aromatic N) is 2. The van der Waals surface area contributed by atoms with Gasteiger partial charge in [0.25, 0.3) is 0 Å². The molecule has 5 nitrogen and oxygen atoms in total. The molecule has 1 aromatic heterocycles. The van der Waals surface area contributed by atoms with Gasteiger partial charge in [0.05, 0.1) is 11.4 Å². The minimum absolute atomic E-state index is 0.565. The number of nitrogens with two attached hydrogens (primary N) is 1. The Balaban J connectivity index is 3.48. The molecule has 12 heavy (non-hydrogen) atoms. The highest BCUT2D eigenvalue weighted by atomic mass is 32.2. The zero-order chi connectivity index (χ0) is 9.52. The van der Waals surface area contributed by atoms with Gasteiger partial charge in [0.15, 0.2) is 0 Å². The molecule has 0 fully saturated rings. The van der Waals surface area contributed by atoms with Gasteiger partial charge in [-0.15, -0.1) is 4.09 Å². The number of rotatable bonds is 1. The lowest BCUT2D eigenvalue weighted by atomic mass is 10.2. The Kier molecular flexibility index (Phi) is 1.97. The van der Waals surface area contributed by atoms with Crippen LogP contribution in [0, 0.1) is 20.8 Å². The van der Waals surface area contributed by atoms with Gasteiger partial charge in [-0.3, -0.25) is 0 Å². The van der Waals surface area contributed by atoms with Crippen LogP contribution in [-0.2, 0) is 10.2 Å². The number of hydrogen-bond acceptors (Lipinski definition) is 3. The van der Waals surface area contributed by atoms with Crippen molar-refractivity contribution < 1.29 is 8.42 Å². The van der Waals surface area contributed by atoms with E-state index in [0.29, 0.717) is 11.4 Å². The summed E-state index contributed by atoms with van der Waals surface area (Å²) in [5.74, 6) is 0. The number of aromatic nitrogens is 2. The van der Waals surface area contributed by atoms with Crippen molar-refractivity contribution in [1.82, 2.24) is 9.19 Å². The number of hydrogen-bond donors (Lipinski definition) is 1. The fourth-order valence-corrected chi connectivity index (χ4v) is 1.69. The third kappa shape index (κ3) is 1.35. The normalized spacial score (nSPS) is 12.0. The van der Waals surface area contributed by atoms with Crippen LogP contribution in [-0.4, -0.2) is 17.6 Å². The molecule has 0 unspecified atom stereocenters. The second kappa shape index (κ2) is 2.56. The second-order valence-electron chi connectivity index (χ2n) is 2.68. The largest absolute Gasteiger partial charge is 0.318 e. The van der Waals surface area contributed by atoms with Gasteiger partial charge in [-0.1, -0.05) is 0 Å². The Morgan fingerprint density at radius 2 is 1.83 bits per heavy atom. The molecule has 0 spiro atoms. The summed E-state index contributed by atoms with van der Waals surface area (Å²) in [6, 6.07) is 0. The van der Waals surface area contributed by atoms with E-state index in [4.69, 9.17) is 5.14 Å². The van der Waals surface area contributed by atoms with E-state index in [1.54, 1.807) is 20.8 Å². The first-order valence-electron chi connectivity index (χ1n) is 3.40. The highest BCUT2D eigenvalue weighted by molar-refractivity contribution is 7.87. The number of aryl methyl sites for hydroxylation is 1. The van der Waals surface area contributed by atoms with E-state index < -0.39 is 10.2 Å². The SMILES string of the molecule is Cc1nn(S(N)(=O)=O)c(C)c1C. The monoisotopic (exact) mass is 189 g/mol. The summed E-state index contributed by atoms with van der Waals surface area (Å²) in [5.41, 5.74) is 2.10. The fourth-order valence-electron chi connectivity index (χ4n) is 0.939. The molecule has 1 heterocycles. The molecule has 0 atom stereocenters. The summed E-state index contributed by atoms with van der Waals surface area (Å²) >= 11 is 0. The van der Waals surface area contributed by atoms with Gasteiger partial charge in [0.1, 0.15) is 0 Å². The van der Waals surface area contributed by atoms with Crippen LogP contribution in [0.15, 0.2) is 0 Å². The standard InChI is InChI=1S/C6H11N3O2S/c1-4-5(2)8-9(6(4)3)12(7,10)11/h1-3H3,(H2,7,10,11). The van der Waals surface area contributed by atoms with Gasteiger partial charge >= 0.3 is 10.2 Å². The summed E-state index contributed by atoms with van der Waals surface area (Å²) in [6.45, 7) is 5.21. The van der Waals surface area contributed by atoms with Crippen LogP contribution in [0.5, 0.6) is 0 Å². The minimum Gasteiger partial charge on any atom is -0.210 e. The van der Waals surface area contributed by atoms with Gasteiger partial charge in [-0.25, -0.2) is 5.14 Å². The quantitative estimate of drug-likeness (QED) is 0.667. The predicted octanol–water partition coefficient (Wildman–Crippen LogP) is -0.140. The van der Waals surface area contributed by atoms with Crippen LogP contribution in [0.4, 0.5) is 0 Å². The van der Waals surface area contributed by atoms with Crippen molar-refractivity contribution in [2.45, 2.75) is 20.8 Å². The highest BCUT2D eigenvalue weighted by Gasteiger charge is 2.14. The zero-order valence-electron chi connectivity index (χ0n) is 7.20. The molecular formula is C6H11N3O2S. The Bertz CT molecular complexity index is 405. The Morgan fingerprint density at radius 3 is 2.00 bits per heavy atom. The van der Waals surface area contributed by atoms with Crippen LogP contribution < -0.4 is 5.14 Å². The first-order valence-corrected chi connectivity index (χ1v) is 4.90. The average Bonchev–Trinajstić information content (AvgIpc) is 2.15. The van der Waals surface area contributed by atoms with Crippen LogP contribution in [0.25, 0.3) is 0 Å². The van der Waals surface area contributed by atoms with E-state index in [1.165, 1.54) is 0 Å². The maximum Gasteiger partial charge on any atom is 0.318 e. The van der Waals surface area contributed by atoms with E-state index in [2.05, 4.69) is 5.10 Å². The summed E-state index contributed by atoms with van der Waals surface area (Å²) in [7, 11) is -3.73. The first-order chi connectivity index (χ1) is 5.34. The van der Waals surface area contributed by atoms with Crippen LogP contribution in [0.3, 0.4) is 0 Å². The van der Waals surface area contributed by atoms with E-state index in [1.807, 2.05) is 0 Å². The van der Waals surface area contributed by atoms with E-state index in [0.717, 1.165) is 9.65 Å². The lowest BCUT2D eigenvalue weighted by molar-refractivity contribution is 0.579. The van der Waals surface area contributed by atoms with Crippen molar-refractivity contribution in [3.63, 3.8) is 0 Å². The summed E-state index contributed by atoms with van der Waals surface area (Å²) in [4.78, 5) is 0. The van der Waals surface area contributed by atoms with Crippen LogP contribution >= 0.6 is 0 Å². The molecule has 0 saturated heterocycles. The molecule has 1 aromatic rings. The summed E-state index contributed by atoms with van der Waals surface area (Å²) < 4.78 is 22.6. The molecule has 6 heteroatoms. The third-order valence-corrected chi connectivity index (χ3v) is 2.69. The first kappa shape index (κ1) is 9.21. The predicted molar refractivity (Wildman–Crippen MR) is 44.9 cm³/mol. The van der Waals surface area contributed by atoms with Crippen molar-refractivity contribution in [3.8, 4) is 0 Å². The van der Waals surface area contributed by atoms with Crippen LogP contribution in [0.1, 0.15) is 17.0 Å². The highest BCUT2D eigenvalue weighted by Crippen LogP contribution is 2.11. The van der Waals surface area contributed by atoms with E-state index >= 15 is 0 Å². The summed E-state index contributed by atoms with van der Waals surface area (Å²) in [5, 5.41) is 8.70. The molecule has 1 rings (SSSR count). The Labute approximate surface area is 71.4 Å². The second-order valence-corrected chi connectivity index (χ2v) is 4.06. The third-order valence-electron chi connectivity index (χ3n) is 1.85. The molecule has 0 bridgehead atoms. The van der Waals surface area contributed by atoms with Gasteiger partial charge in [-0.05, 0) is 26.3 Å². The minimum atomic E-state index is -3.73. The Hall–Kier alpha value is -0.880. The maximum absolute atomic E-state index is 10.9. The molecule has 68 valence electrons. The maximum atomic E-state index is 10.9. The molecule has 0 saturated carbocycles. The molecule has 0 aliphatic rings. The van der Waals surface area contributed by atoms with Crippen molar-refractivity contribution in [3.05, 3.63) is 17.0 Å². The van der Waals surface area contributed by atoms with E-state index in [9.17, 15) is 8.42 Å². The van der Waals surface area contributed by atoms with Crippen molar-refractivity contribution in [2.24, 2.45) is 5.14 Å². The molecule has 0 aliphatic carbocycles.